The lowest BCUT2D eigenvalue weighted by molar-refractivity contribution is 0.102. The summed E-state index contributed by atoms with van der Waals surface area (Å²) in [6.45, 7) is 2.03. The first-order valence-corrected chi connectivity index (χ1v) is 4.41. The van der Waals surface area contributed by atoms with Crippen molar-refractivity contribution in [3.05, 3.63) is 11.9 Å². The number of aliphatic hydroxyl groups is 2. The molecule has 0 saturated heterocycles. The summed E-state index contributed by atoms with van der Waals surface area (Å²) in [6.07, 6.45) is 1.64. The standard InChI is InChI=1S/C8H16N4O2/c1-8(5-13,6-14)9-3-7-4-10-11-12(7)2/h4,9,13-14H,3,5-6H2,1-2H3. The number of nitrogens with one attached hydrogen (secondary N) is 1. The predicted molar refractivity (Wildman–Crippen MR) is 50.4 cm³/mol. The summed E-state index contributed by atoms with van der Waals surface area (Å²) in [7, 11) is 1.79. The van der Waals surface area contributed by atoms with Gasteiger partial charge in [0.15, 0.2) is 0 Å². The minimum Gasteiger partial charge on any atom is -0.394 e. The van der Waals surface area contributed by atoms with Crippen LogP contribution >= 0.6 is 0 Å². The molecule has 0 fully saturated rings. The Balaban J connectivity index is 2.52. The molecule has 0 atom stereocenters. The molecule has 80 valence electrons. The van der Waals surface area contributed by atoms with Crippen molar-refractivity contribution in [1.82, 2.24) is 20.3 Å². The lowest BCUT2D eigenvalue weighted by atomic mass is 10.1. The Bertz CT molecular complexity index is 283. The fraction of sp³-hybridized carbons (Fsp3) is 0.750. The van der Waals surface area contributed by atoms with E-state index < -0.39 is 5.54 Å². The summed E-state index contributed by atoms with van der Waals surface area (Å²) < 4.78 is 1.64. The average molecular weight is 200 g/mol. The Labute approximate surface area is 82.6 Å². The van der Waals surface area contributed by atoms with Crippen molar-refractivity contribution in [2.45, 2.75) is 19.0 Å². The topological polar surface area (TPSA) is 83.2 Å². The van der Waals surface area contributed by atoms with Crippen molar-refractivity contribution in [1.29, 1.82) is 0 Å². The molecule has 0 amide bonds. The van der Waals surface area contributed by atoms with E-state index in [0.29, 0.717) is 6.54 Å². The molecule has 0 unspecified atom stereocenters. The zero-order valence-corrected chi connectivity index (χ0v) is 8.43. The lowest BCUT2D eigenvalue weighted by Crippen LogP contribution is -2.48. The molecule has 0 aliphatic rings. The third-order valence-corrected chi connectivity index (χ3v) is 2.20. The number of aliphatic hydroxyl groups excluding tert-OH is 2. The van der Waals surface area contributed by atoms with Crippen molar-refractivity contribution in [3.63, 3.8) is 0 Å². The minimum atomic E-state index is -0.662. The van der Waals surface area contributed by atoms with Crippen LogP contribution in [0.25, 0.3) is 0 Å². The lowest BCUT2D eigenvalue weighted by Gasteiger charge is -2.26. The minimum absolute atomic E-state index is 0.116. The van der Waals surface area contributed by atoms with E-state index >= 15 is 0 Å². The number of aryl methyl sites for hydroxylation is 1. The third-order valence-electron chi connectivity index (χ3n) is 2.20. The maximum Gasteiger partial charge on any atom is 0.0738 e. The van der Waals surface area contributed by atoms with Gasteiger partial charge in [0.1, 0.15) is 0 Å². The van der Waals surface area contributed by atoms with Crippen LogP contribution in [0.5, 0.6) is 0 Å². The van der Waals surface area contributed by atoms with Crippen LogP contribution in [-0.2, 0) is 13.6 Å². The predicted octanol–water partition coefficient (Wildman–Crippen LogP) is -1.35. The highest BCUT2D eigenvalue weighted by molar-refractivity contribution is 4.95. The molecule has 3 N–H and O–H groups in total. The van der Waals surface area contributed by atoms with Gasteiger partial charge in [-0.05, 0) is 6.92 Å². The van der Waals surface area contributed by atoms with Crippen LogP contribution in [0.4, 0.5) is 0 Å². The number of aromatic nitrogens is 3. The molecule has 14 heavy (non-hydrogen) atoms. The van der Waals surface area contributed by atoms with E-state index in [1.54, 1.807) is 24.9 Å². The van der Waals surface area contributed by atoms with E-state index in [9.17, 15) is 0 Å². The second-order valence-corrected chi connectivity index (χ2v) is 3.58. The second kappa shape index (κ2) is 4.50. The van der Waals surface area contributed by atoms with Crippen LogP contribution in [-0.4, -0.2) is 44.0 Å². The molecule has 0 aromatic carbocycles. The fourth-order valence-electron chi connectivity index (χ4n) is 0.937. The Morgan fingerprint density at radius 2 is 2.14 bits per heavy atom. The number of hydrogen-bond donors (Lipinski definition) is 3. The number of hydrogen-bond acceptors (Lipinski definition) is 5. The highest BCUT2D eigenvalue weighted by atomic mass is 16.3. The Morgan fingerprint density at radius 1 is 1.50 bits per heavy atom. The third kappa shape index (κ3) is 2.50. The van der Waals surface area contributed by atoms with E-state index in [2.05, 4.69) is 15.6 Å². The van der Waals surface area contributed by atoms with Crippen LogP contribution in [0.15, 0.2) is 6.20 Å². The molecule has 6 nitrogen and oxygen atoms in total. The highest BCUT2D eigenvalue weighted by Crippen LogP contribution is 2.03. The van der Waals surface area contributed by atoms with Gasteiger partial charge in [-0.3, -0.25) is 4.68 Å². The van der Waals surface area contributed by atoms with E-state index in [1.165, 1.54) is 0 Å². The molecule has 0 bridgehead atoms. The summed E-state index contributed by atoms with van der Waals surface area (Å²) in [5, 5.41) is 28.6. The monoisotopic (exact) mass is 200 g/mol. The van der Waals surface area contributed by atoms with Crippen LogP contribution in [0.2, 0.25) is 0 Å². The van der Waals surface area contributed by atoms with Gasteiger partial charge in [0, 0.05) is 13.6 Å². The SMILES string of the molecule is Cn1nncc1CNC(C)(CO)CO. The maximum absolute atomic E-state index is 9.02. The van der Waals surface area contributed by atoms with E-state index in [0.717, 1.165) is 5.69 Å². The van der Waals surface area contributed by atoms with Gasteiger partial charge in [0.05, 0.1) is 30.6 Å². The van der Waals surface area contributed by atoms with Crippen LogP contribution in [0.1, 0.15) is 12.6 Å². The van der Waals surface area contributed by atoms with Crippen molar-refractivity contribution in [3.8, 4) is 0 Å². The summed E-state index contributed by atoms with van der Waals surface area (Å²) in [4.78, 5) is 0. The Kier molecular flexibility index (Phi) is 3.56. The first kappa shape index (κ1) is 11.1. The molecule has 6 heteroatoms. The second-order valence-electron chi connectivity index (χ2n) is 3.58. The van der Waals surface area contributed by atoms with Gasteiger partial charge in [-0.25, -0.2) is 0 Å². The smallest absolute Gasteiger partial charge is 0.0738 e. The van der Waals surface area contributed by atoms with Crippen molar-refractivity contribution in [2.24, 2.45) is 7.05 Å². The van der Waals surface area contributed by atoms with Crippen molar-refractivity contribution < 1.29 is 10.2 Å². The molecule has 1 rings (SSSR count). The highest BCUT2D eigenvalue weighted by Gasteiger charge is 2.21. The van der Waals surface area contributed by atoms with Crippen molar-refractivity contribution in [2.75, 3.05) is 13.2 Å². The van der Waals surface area contributed by atoms with E-state index in [4.69, 9.17) is 10.2 Å². The Hall–Kier alpha value is -0.980. The molecule has 0 aliphatic carbocycles. The molecule has 1 aromatic rings. The fourth-order valence-corrected chi connectivity index (χ4v) is 0.937. The van der Waals surface area contributed by atoms with Gasteiger partial charge in [-0.2, -0.15) is 0 Å². The largest absolute Gasteiger partial charge is 0.394 e. The van der Waals surface area contributed by atoms with Crippen LogP contribution in [0, 0.1) is 0 Å². The molecule has 0 radical (unpaired) electrons. The molecular weight excluding hydrogens is 184 g/mol. The average Bonchev–Trinajstić information content (AvgIpc) is 2.61. The molecule has 1 aromatic heterocycles. The van der Waals surface area contributed by atoms with Gasteiger partial charge in [0.25, 0.3) is 0 Å². The van der Waals surface area contributed by atoms with E-state index in [-0.39, 0.29) is 13.2 Å². The van der Waals surface area contributed by atoms with E-state index in [1.807, 2.05) is 0 Å². The summed E-state index contributed by atoms with van der Waals surface area (Å²) in [6, 6.07) is 0. The van der Waals surface area contributed by atoms with Gasteiger partial charge < -0.3 is 15.5 Å². The molecular formula is C8H16N4O2. The summed E-state index contributed by atoms with van der Waals surface area (Å²) >= 11 is 0. The maximum atomic E-state index is 9.02. The zero-order chi connectivity index (χ0) is 10.6. The Morgan fingerprint density at radius 3 is 2.57 bits per heavy atom. The van der Waals surface area contributed by atoms with Gasteiger partial charge in [-0.1, -0.05) is 5.21 Å². The number of nitrogens with zero attached hydrogens (tertiary/aromatic N) is 3. The number of rotatable bonds is 5. The normalized spacial score (nSPS) is 12.0. The molecule has 0 aliphatic heterocycles. The molecule has 0 saturated carbocycles. The molecule has 1 heterocycles. The quantitative estimate of drug-likeness (QED) is 0.547. The van der Waals surface area contributed by atoms with Crippen LogP contribution < -0.4 is 5.32 Å². The first-order valence-electron chi connectivity index (χ1n) is 4.41. The summed E-state index contributed by atoms with van der Waals surface area (Å²) in [5.41, 5.74) is 0.239. The van der Waals surface area contributed by atoms with Gasteiger partial charge in [0.2, 0.25) is 0 Å². The first-order chi connectivity index (χ1) is 6.61. The van der Waals surface area contributed by atoms with Crippen LogP contribution in [0.3, 0.4) is 0 Å². The zero-order valence-electron chi connectivity index (χ0n) is 8.43. The van der Waals surface area contributed by atoms with Crippen molar-refractivity contribution >= 4 is 0 Å². The van der Waals surface area contributed by atoms with Gasteiger partial charge >= 0.3 is 0 Å². The molecule has 0 spiro atoms. The summed E-state index contributed by atoms with van der Waals surface area (Å²) in [5.74, 6) is 0. The van der Waals surface area contributed by atoms with Gasteiger partial charge in [-0.15, -0.1) is 5.10 Å².